The molecule has 2 aliphatic heterocycles. The van der Waals surface area contributed by atoms with Gasteiger partial charge in [0, 0.05) is 55.7 Å². The lowest BCUT2D eigenvalue weighted by molar-refractivity contribution is 0.0598. The maximum atomic E-state index is 13.5. The summed E-state index contributed by atoms with van der Waals surface area (Å²) in [4.78, 5) is 38.3. The summed E-state index contributed by atoms with van der Waals surface area (Å²) in [7, 11) is 0. The number of carbonyl (C=O) groups excluding carboxylic acids is 2. The molecule has 7 nitrogen and oxygen atoms in total. The Balaban J connectivity index is 1.18. The van der Waals surface area contributed by atoms with Gasteiger partial charge >= 0.3 is 0 Å². The Bertz CT molecular complexity index is 1390. The summed E-state index contributed by atoms with van der Waals surface area (Å²) in [5.74, 6) is 0.522. The minimum Gasteiger partial charge on any atom is -0.368 e. The normalized spacial score (nSPS) is 17.0. The molecule has 0 radical (unpaired) electrons. The van der Waals surface area contributed by atoms with Gasteiger partial charge < -0.3 is 9.47 Å². The molecular weight excluding hydrogens is 470 g/mol. The number of aromatic nitrogens is 2. The summed E-state index contributed by atoms with van der Waals surface area (Å²) in [6, 6.07) is 19.4. The van der Waals surface area contributed by atoms with Crippen molar-refractivity contribution in [3.05, 3.63) is 100 Å². The second-order valence-corrected chi connectivity index (χ2v) is 10.2. The number of pyridine rings is 1. The molecule has 0 aliphatic carbocycles. The molecular formula is C28H27N5O2S. The number of fused-ring (bicyclic) bond motifs is 1. The quantitative estimate of drug-likeness (QED) is 0.364. The summed E-state index contributed by atoms with van der Waals surface area (Å²) in [6.45, 7) is 6.08. The van der Waals surface area contributed by atoms with Crippen molar-refractivity contribution >= 4 is 28.8 Å². The third-order valence-electron chi connectivity index (χ3n) is 7.09. The van der Waals surface area contributed by atoms with Crippen molar-refractivity contribution in [3.8, 4) is 5.82 Å². The molecule has 1 atom stereocenters. The Labute approximate surface area is 214 Å². The summed E-state index contributed by atoms with van der Waals surface area (Å²) >= 11 is 1.57. The number of amides is 2. The highest BCUT2D eigenvalue weighted by atomic mass is 32.1. The minimum atomic E-state index is -0.280. The summed E-state index contributed by atoms with van der Waals surface area (Å²) in [5.41, 5.74) is 3.12. The van der Waals surface area contributed by atoms with E-state index in [-0.39, 0.29) is 17.9 Å². The van der Waals surface area contributed by atoms with E-state index in [1.54, 1.807) is 17.4 Å². The van der Waals surface area contributed by atoms with E-state index < -0.39 is 0 Å². The Hall–Kier alpha value is -3.75. The molecule has 2 amide bonds. The van der Waals surface area contributed by atoms with E-state index in [0.29, 0.717) is 11.1 Å². The van der Waals surface area contributed by atoms with Gasteiger partial charge in [0.25, 0.3) is 11.8 Å². The van der Waals surface area contributed by atoms with Gasteiger partial charge in [-0.05, 0) is 54.8 Å². The van der Waals surface area contributed by atoms with Crippen molar-refractivity contribution in [2.75, 3.05) is 31.1 Å². The van der Waals surface area contributed by atoms with Crippen LogP contribution >= 0.6 is 11.3 Å². The Morgan fingerprint density at radius 2 is 1.78 bits per heavy atom. The van der Waals surface area contributed by atoms with E-state index in [4.69, 9.17) is 0 Å². The molecule has 2 aliphatic rings. The first kappa shape index (κ1) is 22.7. The molecule has 0 bridgehead atoms. The Morgan fingerprint density at radius 1 is 0.917 bits per heavy atom. The number of benzene rings is 1. The van der Waals surface area contributed by atoms with Crippen LogP contribution in [-0.4, -0.2) is 57.3 Å². The first-order valence-electron chi connectivity index (χ1n) is 12.2. The van der Waals surface area contributed by atoms with Crippen LogP contribution in [0.5, 0.6) is 0 Å². The van der Waals surface area contributed by atoms with Crippen LogP contribution < -0.4 is 4.90 Å². The SMILES string of the molecule is C[C@@H](c1cccs1)N1C(=O)c2cccc(N3CCN(Cc4cccn4-c4ccccn4)CC3)c2C1=O. The van der Waals surface area contributed by atoms with E-state index in [2.05, 4.69) is 31.5 Å². The third kappa shape index (κ3) is 3.92. The number of thiophene rings is 1. The zero-order chi connectivity index (χ0) is 24.6. The topological polar surface area (TPSA) is 61.7 Å². The summed E-state index contributed by atoms with van der Waals surface area (Å²) in [5, 5.41) is 1.97. The van der Waals surface area contributed by atoms with Crippen molar-refractivity contribution < 1.29 is 9.59 Å². The molecule has 0 spiro atoms. The van der Waals surface area contributed by atoms with Gasteiger partial charge in [-0.15, -0.1) is 11.3 Å². The van der Waals surface area contributed by atoms with E-state index in [1.165, 1.54) is 10.6 Å². The predicted octanol–water partition coefficient (Wildman–Crippen LogP) is 4.61. The molecule has 3 aromatic heterocycles. The third-order valence-corrected chi connectivity index (χ3v) is 8.14. The summed E-state index contributed by atoms with van der Waals surface area (Å²) in [6.07, 6.45) is 3.86. The fourth-order valence-electron chi connectivity index (χ4n) is 5.20. The average molecular weight is 498 g/mol. The van der Waals surface area contributed by atoms with Crippen molar-refractivity contribution in [1.82, 2.24) is 19.4 Å². The standard InChI is InChI=1S/C28H27N5O2S/c1-20(24-10-6-18-36-24)33-27(34)22-8-4-9-23(26(22)28(33)35)31-16-14-30(15-17-31)19-21-7-5-13-32(21)25-11-2-3-12-29-25/h2-13,18,20H,14-17,19H2,1H3/t20-/m0/s1. The highest BCUT2D eigenvalue weighted by molar-refractivity contribution is 7.10. The van der Waals surface area contributed by atoms with Crippen molar-refractivity contribution in [3.63, 3.8) is 0 Å². The van der Waals surface area contributed by atoms with Gasteiger partial charge in [-0.1, -0.05) is 18.2 Å². The first-order chi connectivity index (χ1) is 17.6. The molecule has 0 unspecified atom stereocenters. The lowest BCUT2D eigenvalue weighted by Crippen LogP contribution is -2.46. The average Bonchev–Trinajstić information content (AvgIpc) is 3.66. The monoisotopic (exact) mass is 497 g/mol. The molecule has 0 N–H and O–H groups in total. The summed E-state index contributed by atoms with van der Waals surface area (Å²) < 4.78 is 2.13. The second kappa shape index (κ2) is 9.37. The van der Waals surface area contributed by atoms with Gasteiger partial charge in [-0.25, -0.2) is 4.98 Å². The minimum absolute atomic E-state index is 0.192. The predicted molar refractivity (Wildman–Crippen MR) is 141 cm³/mol. The number of piperazine rings is 1. The number of anilines is 1. The van der Waals surface area contributed by atoms with Crippen molar-refractivity contribution in [1.29, 1.82) is 0 Å². The van der Waals surface area contributed by atoms with Crippen molar-refractivity contribution in [2.24, 2.45) is 0 Å². The molecule has 1 saturated heterocycles. The van der Waals surface area contributed by atoms with Crippen LogP contribution in [0.4, 0.5) is 5.69 Å². The highest BCUT2D eigenvalue weighted by Gasteiger charge is 2.41. The van der Waals surface area contributed by atoms with E-state index in [1.807, 2.05) is 67.2 Å². The number of carbonyl (C=O) groups is 2. The highest BCUT2D eigenvalue weighted by Crippen LogP contribution is 2.37. The zero-order valence-electron chi connectivity index (χ0n) is 20.1. The Kier molecular flexibility index (Phi) is 5.91. The van der Waals surface area contributed by atoms with Gasteiger partial charge in [-0.3, -0.25) is 19.4 Å². The molecule has 1 aromatic carbocycles. The molecule has 4 aromatic rings. The van der Waals surface area contributed by atoms with Gasteiger partial charge in [0.2, 0.25) is 0 Å². The lowest BCUT2D eigenvalue weighted by atomic mass is 10.1. The molecule has 8 heteroatoms. The van der Waals surface area contributed by atoms with Crippen LogP contribution in [0, 0.1) is 0 Å². The largest absolute Gasteiger partial charge is 0.368 e. The fraction of sp³-hybridized carbons (Fsp3) is 0.250. The smallest absolute Gasteiger partial charge is 0.264 e. The molecule has 0 saturated carbocycles. The molecule has 6 rings (SSSR count). The lowest BCUT2D eigenvalue weighted by Gasteiger charge is -2.36. The molecule has 1 fully saturated rings. The fourth-order valence-corrected chi connectivity index (χ4v) is 5.97. The van der Waals surface area contributed by atoms with Crippen LogP contribution in [0.15, 0.2) is 78.4 Å². The maximum absolute atomic E-state index is 13.5. The van der Waals surface area contributed by atoms with E-state index in [0.717, 1.165) is 49.1 Å². The Morgan fingerprint density at radius 3 is 2.53 bits per heavy atom. The van der Waals surface area contributed by atoms with Gasteiger partial charge in [0.15, 0.2) is 0 Å². The number of hydrogen-bond donors (Lipinski definition) is 0. The molecule has 182 valence electrons. The van der Waals surface area contributed by atoms with E-state index in [9.17, 15) is 9.59 Å². The van der Waals surface area contributed by atoms with Gasteiger partial charge in [0.1, 0.15) is 5.82 Å². The molecule has 5 heterocycles. The number of imide groups is 1. The van der Waals surface area contributed by atoms with Crippen LogP contribution in [0.25, 0.3) is 5.82 Å². The van der Waals surface area contributed by atoms with Crippen LogP contribution in [0.2, 0.25) is 0 Å². The van der Waals surface area contributed by atoms with Crippen molar-refractivity contribution in [2.45, 2.75) is 19.5 Å². The number of nitrogens with zero attached hydrogens (tertiary/aromatic N) is 5. The van der Waals surface area contributed by atoms with Crippen LogP contribution in [0.3, 0.4) is 0 Å². The number of hydrogen-bond acceptors (Lipinski definition) is 6. The maximum Gasteiger partial charge on any atom is 0.264 e. The van der Waals surface area contributed by atoms with Crippen LogP contribution in [0.1, 0.15) is 44.3 Å². The van der Waals surface area contributed by atoms with Crippen LogP contribution in [-0.2, 0) is 6.54 Å². The van der Waals surface area contributed by atoms with Gasteiger partial charge in [-0.2, -0.15) is 0 Å². The van der Waals surface area contributed by atoms with Gasteiger partial charge in [0.05, 0.1) is 22.9 Å². The zero-order valence-corrected chi connectivity index (χ0v) is 20.9. The second-order valence-electron chi connectivity index (χ2n) is 9.19. The van der Waals surface area contributed by atoms with E-state index >= 15 is 0 Å². The first-order valence-corrected chi connectivity index (χ1v) is 13.1. The molecule has 36 heavy (non-hydrogen) atoms. The number of rotatable bonds is 6.